The molecular weight excluding hydrogens is 1020 g/mol. The van der Waals surface area contributed by atoms with E-state index in [1.54, 1.807) is 0 Å². The molecule has 11 nitrogen and oxygen atoms in total. The second-order valence-electron chi connectivity index (χ2n) is 20.9. The average Bonchev–Trinajstić information content (AvgIpc) is 3.55. The van der Waals surface area contributed by atoms with E-state index in [1.165, 1.54) is 0 Å². The smallest absolute Gasteiger partial charge is 0.198 e. The summed E-state index contributed by atoms with van der Waals surface area (Å²) in [6.07, 6.45) is -6.56. The minimum atomic E-state index is -1.68. The molecule has 0 aliphatic carbocycles. The van der Waals surface area contributed by atoms with Gasteiger partial charge in [-0.05, 0) is 58.4 Å². The maximum absolute atomic E-state index is 7.81. The predicted octanol–water partition coefficient (Wildman–Crippen LogP) is 13.2. The van der Waals surface area contributed by atoms with Crippen LogP contribution in [0.3, 0.4) is 0 Å². The third-order valence-corrected chi connectivity index (χ3v) is 14.7. The summed E-state index contributed by atoms with van der Waals surface area (Å²) in [7, 11) is 0. The van der Waals surface area contributed by atoms with Gasteiger partial charge < -0.3 is 52.1 Å². The second kappa shape index (κ2) is 29.3. The zero-order valence-electron chi connectivity index (χ0n) is 46.3. The van der Waals surface area contributed by atoms with Crippen molar-refractivity contribution in [2.24, 2.45) is 0 Å². The zero-order valence-corrected chi connectivity index (χ0v) is 46.3. The van der Waals surface area contributed by atoms with Crippen LogP contribution < -0.4 is 0 Å². The van der Waals surface area contributed by atoms with Crippen LogP contribution in [0.25, 0.3) is 0 Å². The molecule has 2 aliphatic rings. The Bertz CT molecular complexity index is 2800. The first kappa shape index (κ1) is 57.6. The fraction of sp³-hybridized carbons (Fsp3) is 0.314. The molecule has 2 saturated heterocycles. The molecule has 2 fully saturated rings. The van der Waals surface area contributed by atoms with Crippen LogP contribution in [0, 0.1) is 0 Å². The van der Waals surface area contributed by atoms with E-state index in [-0.39, 0.29) is 52.9 Å². The van der Waals surface area contributed by atoms with Gasteiger partial charge in [0.1, 0.15) is 48.8 Å². The van der Waals surface area contributed by atoms with Gasteiger partial charge in [0.2, 0.25) is 0 Å². The molecule has 0 spiro atoms. The van der Waals surface area contributed by atoms with Gasteiger partial charge in [-0.25, -0.2) is 0 Å². The summed E-state index contributed by atoms with van der Waals surface area (Å²) in [5.41, 5.74) is 7.85. The lowest BCUT2D eigenvalue weighted by atomic mass is 9.89. The molecule has 2 aliphatic heterocycles. The summed E-state index contributed by atoms with van der Waals surface area (Å²) in [5.74, 6) is -3.35. The van der Waals surface area contributed by atoms with Gasteiger partial charge >= 0.3 is 0 Å². The molecule has 2 heterocycles. The Morgan fingerprint density at radius 2 is 0.481 bits per heavy atom. The first-order chi connectivity index (χ1) is 39.9. The molecule has 11 heteroatoms. The molecule has 420 valence electrons. The Morgan fingerprint density at radius 3 is 0.728 bits per heavy atom. The molecule has 0 radical (unpaired) electrons. The van der Waals surface area contributed by atoms with Crippen molar-refractivity contribution in [1.82, 2.24) is 0 Å². The monoisotopic (exact) mass is 1090 g/mol. The SMILES string of the molecule is C[C@]1(O[C@@]2(C)O[C@H](COCc3ccccc3)[C@@H](OCc3ccccc3)[C@H](OCc3ccccc3)[C@@H]2OCc2ccccc2)O[C@H](COCc2ccccc2)[C@@H](OCc2ccccc2)[C@H](OCc2ccccc2)[C@@H]1OCc1ccccc1. The Morgan fingerprint density at radius 1 is 0.272 bits per heavy atom. The topological polar surface area (TPSA) is 102 Å². The molecule has 8 aromatic rings. The highest BCUT2D eigenvalue weighted by Crippen LogP contribution is 2.45. The Labute approximate surface area is 477 Å². The molecule has 8 aromatic carbocycles. The number of benzene rings is 8. The molecule has 0 N–H and O–H groups in total. The minimum absolute atomic E-state index is 0.115. The molecule has 81 heavy (non-hydrogen) atoms. The van der Waals surface area contributed by atoms with Crippen LogP contribution in [0.5, 0.6) is 0 Å². The van der Waals surface area contributed by atoms with Gasteiger partial charge in [0.15, 0.2) is 11.6 Å². The molecule has 0 saturated carbocycles. The first-order valence-electron chi connectivity index (χ1n) is 28.1. The molecule has 0 unspecified atom stereocenters. The lowest BCUT2D eigenvalue weighted by Crippen LogP contribution is -2.73. The number of hydrogen-bond donors (Lipinski definition) is 0. The van der Waals surface area contributed by atoms with Crippen LogP contribution in [0.15, 0.2) is 243 Å². The van der Waals surface area contributed by atoms with Gasteiger partial charge in [-0.1, -0.05) is 243 Å². The molecule has 10 atom stereocenters. The molecular formula is C70H74O11. The fourth-order valence-electron chi connectivity index (χ4n) is 10.6. The van der Waals surface area contributed by atoms with E-state index in [0.29, 0.717) is 13.2 Å². The summed E-state index contributed by atoms with van der Waals surface area (Å²) in [5, 5.41) is 0. The summed E-state index contributed by atoms with van der Waals surface area (Å²) < 4.78 is 79.3. The van der Waals surface area contributed by atoms with Crippen LogP contribution in [-0.2, 0) is 105 Å². The van der Waals surface area contributed by atoms with Crippen molar-refractivity contribution in [3.05, 3.63) is 287 Å². The zero-order chi connectivity index (χ0) is 55.4. The van der Waals surface area contributed by atoms with Gasteiger partial charge in [0.05, 0.1) is 66.1 Å². The Hall–Kier alpha value is -6.68. The highest BCUT2D eigenvalue weighted by atomic mass is 16.8. The van der Waals surface area contributed by atoms with Crippen LogP contribution in [0.1, 0.15) is 58.4 Å². The number of rotatable bonds is 28. The summed E-state index contributed by atoms with van der Waals surface area (Å²) >= 11 is 0. The second-order valence-corrected chi connectivity index (χ2v) is 20.9. The van der Waals surface area contributed by atoms with Crippen molar-refractivity contribution >= 4 is 0 Å². The highest BCUT2D eigenvalue weighted by Gasteiger charge is 2.63. The van der Waals surface area contributed by atoms with E-state index in [9.17, 15) is 0 Å². The van der Waals surface area contributed by atoms with E-state index in [2.05, 4.69) is 0 Å². The lowest BCUT2D eigenvalue weighted by molar-refractivity contribution is -0.463. The van der Waals surface area contributed by atoms with Gasteiger partial charge in [-0.3, -0.25) is 0 Å². The normalized spacial score (nSPS) is 24.6. The standard InChI is InChI=1S/C70H74O11/c1-69(67(77-49-59-39-23-9-24-40-59)65(75-47-57-35-19-7-20-36-57)63(73-45-55-31-15-5-16-32-55)61(79-69)51-71-43-53-27-11-3-12-28-53)81-70(2)68(78-50-60-41-25-10-26-42-60)66(76-48-58-37-21-8-22-38-58)64(74-46-56-33-17-6-18-34-56)62(80-70)52-72-44-54-29-13-4-14-30-54/h3-42,61-68H,43-52H2,1-2H3/t61-,62-,63-,64-,65+,66+,67+,68+,69-,70-/m1/s1. The lowest BCUT2D eigenvalue weighted by Gasteiger charge is -2.57. The van der Waals surface area contributed by atoms with E-state index in [1.807, 2.05) is 257 Å². The van der Waals surface area contributed by atoms with Gasteiger partial charge in [0, 0.05) is 0 Å². The van der Waals surface area contributed by atoms with Crippen LogP contribution in [-0.4, -0.2) is 73.6 Å². The van der Waals surface area contributed by atoms with Crippen molar-refractivity contribution in [2.45, 2.75) is 127 Å². The molecule has 10 rings (SSSR count). The van der Waals surface area contributed by atoms with E-state index in [4.69, 9.17) is 52.1 Å². The van der Waals surface area contributed by atoms with Crippen LogP contribution in [0.4, 0.5) is 0 Å². The highest BCUT2D eigenvalue weighted by molar-refractivity contribution is 5.20. The van der Waals surface area contributed by atoms with Crippen molar-refractivity contribution < 1.29 is 52.1 Å². The summed E-state index contributed by atoms with van der Waals surface area (Å²) in [6.45, 7) is 6.10. The molecule has 0 amide bonds. The van der Waals surface area contributed by atoms with Crippen molar-refractivity contribution in [2.75, 3.05) is 13.2 Å². The largest absolute Gasteiger partial charge is 0.374 e. The third kappa shape index (κ3) is 16.3. The maximum atomic E-state index is 7.81. The Balaban J connectivity index is 1.08. The van der Waals surface area contributed by atoms with E-state index >= 15 is 0 Å². The predicted molar refractivity (Wildman–Crippen MR) is 310 cm³/mol. The quantitative estimate of drug-likeness (QED) is 0.0469. The van der Waals surface area contributed by atoms with Crippen molar-refractivity contribution in [3.63, 3.8) is 0 Å². The summed E-state index contributed by atoms with van der Waals surface area (Å²) in [4.78, 5) is 0. The first-order valence-corrected chi connectivity index (χ1v) is 28.1. The van der Waals surface area contributed by atoms with Crippen LogP contribution in [0.2, 0.25) is 0 Å². The van der Waals surface area contributed by atoms with Gasteiger partial charge in [-0.2, -0.15) is 0 Å². The van der Waals surface area contributed by atoms with Crippen molar-refractivity contribution in [3.8, 4) is 0 Å². The Kier molecular flexibility index (Phi) is 20.8. The number of ether oxygens (including phenoxy) is 11. The molecule has 0 aromatic heterocycles. The van der Waals surface area contributed by atoms with Gasteiger partial charge in [-0.15, -0.1) is 0 Å². The van der Waals surface area contributed by atoms with Crippen LogP contribution >= 0.6 is 0 Å². The van der Waals surface area contributed by atoms with E-state index < -0.39 is 60.4 Å². The fourth-order valence-corrected chi connectivity index (χ4v) is 10.6. The number of hydrogen-bond acceptors (Lipinski definition) is 11. The van der Waals surface area contributed by atoms with E-state index in [0.717, 1.165) is 44.5 Å². The minimum Gasteiger partial charge on any atom is -0.374 e. The maximum Gasteiger partial charge on any atom is 0.198 e. The van der Waals surface area contributed by atoms with Crippen molar-refractivity contribution in [1.29, 1.82) is 0 Å². The molecule has 0 bridgehead atoms. The average molecular weight is 1090 g/mol. The summed E-state index contributed by atoms with van der Waals surface area (Å²) in [6, 6.07) is 80.7. The van der Waals surface area contributed by atoms with Gasteiger partial charge in [0.25, 0.3) is 0 Å². The third-order valence-electron chi connectivity index (χ3n) is 14.7.